The third-order valence-corrected chi connectivity index (χ3v) is 3.34. The molecule has 0 fully saturated rings. The van der Waals surface area contributed by atoms with Crippen molar-refractivity contribution in [2.45, 2.75) is 39.6 Å². The van der Waals surface area contributed by atoms with Crippen molar-refractivity contribution in [3.8, 4) is 0 Å². The van der Waals surface area contributed by atoms with Crippen LogP contribution in [0.3, 0.4) is 0 Å². The Kier molecular flexibility index (Phi) is 22.4. The Hall–Kier alpha value is -2.51. The summed E-state index contributed by atoms with van der Waals surface area (Å²) in [6, 6.07) is 18.0. The molecule has 0 saturated carbocycles. The number of thiocarbonyl (C=S) groups is 2. The first-order valence-corrected chi connectivity index (χ1v) is 10.4. The van der Waals surface area contributed by atoms with Gasteiger partial charge in [0.15, 0.2) is 0 Å². The van der Waals surface area contributed by atoms with E-state index in [2.05, 4.69) is 44.3 Å². The zero-order valence-corrected chi connectivity index (χ0v) is 21.2. The molecule has 0 spiro atoms. The zero-order valence-electron chi connectivity index (χ0n) is 18.4. The van der Waals surface area contributed by atoms with Crippen LogP contribution in [-0.2, 0) is 36.7 Å². The van der Waals surface area contributed by atoms with Crippen molar-refractivity contribution in [2.75, 3.05) is 0 Å². The molecule has 0 bridgehead atoms. The summed E-state index contributed by atoms with van der Waals surface area (Å²) in [5.41, 5.74) is 3.15. The van der Waals surface area contributed by atoms with Gasteiger partial charge >= 0.3 is 17.1 Å². The van der Waals surface area contributed by atoms with Crippen molar-refractivity contribution >= 4 is 34.8 Å². The van der Waals surface area contributed by atoms with Gasteiger partial charge in [-0.3, -0.25) is 19.9 Å². The molecule has 0 saturated heterocycles. The minimum Gasteiger partial charge on any atom is -0.753 e. The van der Waals surface area contributed by atoms with Gasteiger partial charge in [-0.05, 0) is 50.2 Å². The molecule has 0 unspecified atom stereocenters. The average Bonchev–Trinajstić information content (AvgIpc) is 2.77. The van der Waals surface area contributed by atoms with Gasteiger partial charge in [0, 0.05) is 44.3 Å². The van der Waals surface area contributed by atoms with Crippen molar-refractivity contribution in [1.82, 2.24) is 19.9 Å². The van der Waals surface area contributed by atoms with E-state index in [4.69, 9.17) is 15.9 Å². The maximum atomic E-state index is 8.06. The van der Waals surface area contributed by atoms with Crippen molar-refractivity contribution in [3.05, 3.63) is 101 Å². The molecule has 33 heavy (non-hydrogen) atoms. The van der Waals surface area contributed by atoms with Crippen LogP contribution in [-0.4, -0.2) is 41.4 Å². The summed E-state index contributed by atoms with van der Waals surface area (Å²) in [5.74, 6) is 0. The quantitative estimate of drug-likeness (QED) is 0.282. The van der Waals surface area contributed by atoms with E-state index in [9.17, 15) is 0 Å². The smallest absolute Gasteiger partial charge is 0.753 e. The van der Waals surface area contributed by atoms with Crippen LogP contribution < -0.4 is 0 Å². The van der Waals surface area contributed by atoms with Crippen molar-refractivity contribution < 1.29 is 22.2 Å². The molecule has 0 aromatic carbocycles. The van der Waals surface area contributed by atoms with Gasteiger partial charge < -0.3 is 15.9 Å². The maximum Gasteiger partial charge on any atom is 2.00 e. The van der Waals surface area contributed by atoms with Gasteiger partial charge in [0.05, 0.1) is 17.1 Å². The van der Waals surface area contributed by atoms with Crippen LogP contribution in [0.5, 0.6) is 0 Å². The van der Waals surface area contributed by atoms with E-state index in [0.717, 1.165) is 36.7 Å². The molecule has 3 heterocycles. The number of pyridine rings is 3. The van der Waals surface area contributed by atoms with Crippen molar-refractivity contribution in [2.24, 2.45) is 0 Å². The van der Waals surface area contributed by atoms with E-state index in [1.807, 2.05) is 73.2 Å². The first-order valence-electron chi connectivity index (χ1n) is 9.59. The van der Waals surface area contributed by atoms with Crippen LogP contribution in [0, 0.1) is 0 Å². The Morgan fingerprint density at radius 1 is 0.758 bits per heavy atom. The summed E-state index contributed by atoms with van der Waals surface area (Å²) >= 11 is 7.40. The molecule has 0 radical (unpaired) electrons. The second-order valence-electron chi connectivity index (χ2n) is 6.38. The minimum atomic E-state index is -0.167. The fourth-order valence-electron chi connectivity index (χ4n) is 2.33. The van der Waals surface area contributed by atoms with Gasteiger partial charge in [-0.2, -0.15) is 10.3 Å². The van der Waals surface area contributed by atoms with Gasteiger partial charge in [0.2, 0.25) is 0 Å². The molecule has 3 aromatic heterocycles. The third kappa shape index (κ3) is 19.9. The Bertz CT molecular complexity index is 793. The molecule has 174 valence electrons. The molecule has 10 heteroatoms. The van der Waals surface area contributed by atoms with Crippen LogP contribution in [0.25, 0.3) is 10.8 Å². The van der Waals surface area contributed by atoms with Gasteiger partial charge in [-0.1, -0.05) is 42.6 Å². The molecule has 7 nitrogen and oxygen atoms in total. The van der Waals surface area contributed by atoms with Crippen LogP contribution >= 0.6 is 24.4 Å². The second kappa shape index (κ2) is 22.7. The van der Waals surface area contributed by atoms with E-state index >= 15 is 0 Å². The summed E-state index contributed by atoms with van der Waals surface area (Å²) in [6.07, 6.45) is 5.32. The number of rotatable bonds is 6. The number of isothiocyanates is 2. The van der Waals surface area contributed by atoms with Crippen LogP contribution in [0.15, 0.2) is 73.2 Å². The molecular formula is C23H26FeN6OS2. The Balaban J connectivity index is 0. The SMILES string of the molecule is CC(C)O.[Fe+2].[N-]=C=S.[N-]=C=S.c1ccc(CN(Cc2ccccn2)Cc2ccccn2)nc1. The van der Waals surface area contributed by atoms with Crippen LogP contribution in [0.2, 0.25) is 0 Å². The third-order valence-electron chi connectivity index (χ3n) is 3.34. The first-order chi connectivity index (χ1) is 15.5. The van der Waals surface area contributed by atoms with Crippen molar-refractivity contribution in [3.63, 3.8) is 0 Å². The average molecular weight is 522 g/mol. The number of aromatic nitrogens is 3. The number of aliphatic hydroxyl groups is 1. The van der Waals surface area contributed by atoms with Crippen molar-refractivity contribution in [1.29, 1.82) is 0 Å². The van der Waals surface area contributed by atoms with Crippen LogP contribution in [0.4, 0.5) is 0 Å². The monoisotopic (exact) mass is 522 g/mol. The zero-order chi connectivity index (χ0) is 24.0. The van der Waals surface area contributed by atoms with Gasteiger partial charge in [0.1, 0.15) is 0 Å². The Morgan fingerprint density at radius 2 is 1.00 bits per heavy atom. The fourth-order valence-corrected chi connectivity index (χ4v) is 2.33. The molecule has 1 N–H and O–H groups in total. The van der Waals surface area contributed by atoms with Gasteiger partial charge in [0.25, 0.3) is 0 Å². The Morgan fingerprint density at radius 3 is 1.18 bits per heavy atom. The molecule has 0 atom stereocenters. The summed E-state index contributed by atoms with van der Waals surface area (Å²) in [5, 5.41) is 25.0. The van der Waals surface area contributed by atoms with E-state index < -0.39 is 0 Å². The minimum absolute atomic E-state index is 0. The number of hydrogen-bond donors (Lipinski definition) is 1. The maximum absolute atomic E-state index is 8.06. The van der Waals surface area contributed by atoms with Crippen LogP contribution in [0.1, 0.15) is 30.9 Å². The molecule has 3 aromatic rings. The number of aliphatic hydroxyl groups excluding tert-OH is 1. The van der Waals surface area contributed by atoms with E-state index in [1.165, 1.54) is 10.3 Å². The normalized spacial score (nSPS) is 8.76. The molecule has 0 aliphatic rings. The van der Waals surface area contributed by atoms with Gasteiger partial charge in [-0.25, -0.2) is 0 Å². The standard InChI is InChI=1S/C18H18N4.C3H8O.2CNS.Fe/c1-4-10-19-16(7-1)13-22(14-17-8-2-5-11-20-17)15-18-9-3-6-12-21-18;1-3(2)4;2*2-1-3;/h1-12H,13-15H2;3-4H,1-2H3;;;/q;;2*-1;+2. The summed E-state index contributed by atoms with van der Waals surface area (Å²) in [4.78, 5) is 15.6. The summed E-state index contributed by atoms with van der Waals surface area (Å²) in [6.45, 7) is 5.76. The van der Waals surface area contributed by atoms with E-state index in [0.29, 0.717) is 0 Å². The molecule has 0 aliphatic heterocycles. The topological polar surface area (TPSA) is 107 Å². The number of hydrogen-bond acceptors (Lipinski definition) is 7. The molecule has 3 rings (SSSR count). The fraction of sp³-hybridized carbons (Fsp3) is 0.261. The Labute approximate surface area is 216 Å². The predicted octanol–water partition coefficient (Wildman–Crippen LogP) is 4.78. The van der Waals surface area contributed by atoms with Gasteiger partial charge in [-0.15, -0.1) is 0 Å². The van der Waals surface area contributed by atoms with E-state index in [1.54, 1.807) is 13.8 Å². The largest absolute Gasteiger partial charge is 2.00 e. The predicted molar refractivity (Wildman–Crippen MR) is 135 cm³/mol. The summed E-state index contributed by atoms with van der Waals surface area (Å²) < 4.78 is 0. The molecule has 0 aliphatic carbocycles. The molecular weight excluding hydrogens is 496 g/mol. The van der Waals surface area contributed by atoms with E-state index in [-0.39, 0.29) is 23.2 Å². The first kappa shape index (κ1) is 32.7. The summed E-state index contributed by atoms with van der Waals surface area (Å²) in [7, 11) is 0. The molecule has 0 amide bonds. The number of nitrogens with zero attached hydrogens (tertiary/aromatic N) is 6. The second-order valence-corrected chi connectivity index (χ2v) is 6.75.